The predicted molar refractivity (Wildman–Crippen MR) is 117 cm³/mol. The number of hydrogen-bond donors (Lipinski definition) is 7. The van der Waals surface area contributed by atoms with Gasteiger partial charge in [-0.2, -0.15) is 0 Å². The lowest BCUT2D eigenvalue weighted by Crippen LogP contribution is -2.60. The van der Waals surface area contributed by atoms with Gasteiger partial charge < -0.3 is 59.4 Å². The van der Waals surface area contributed by atoms with Gasteiger partial charge in [0.15, 0.2) is 11.9 Å². The monoisotopic (exact) mass is 538 g/mol. The van der Waals surface area contributed by atoms with E-state index in [0.717, 1.165) is 27.2 Å². The molecular formula is C22H34O15. The van der Waals surface area contributed by atoms with Gasteiger partial charge in [0, 0.05) is 5.92 Å². The molecule has 0 saturated carbocycles. The number of hydrogen-bond acceptors (Lipinski definition) is 14. The molecule has 11 atom stereocenters. The summed E-state index contributed by atoms with van der Waals surface area (Å²) in [6, 6.07) is 0. The summed E-state index contributed by atoms with van der Waals surface area (Å²) in [5, 5.41) is 69.3. The van der Waals surface area contributed by atoms with Crippen LogP contribution in [-0.2, 0) is 38.1 Å². The summed E-state index contributed by atoms with van der Waals surface area (Å²) < 4.78 is 26.4. The van der Waals surface area contributed by atoms with Crippen molar-refractivity contribution in [2.75, 3.05) is 13.7 Å². The van der Waals surface area contributed by atoms with Crippen LogP contribution in [0.3, 0.4) is 0 Å². The normalized spacial score (nSPS) is 35.2. The Kier molecular flexibility index (Phi) is 10.4. The van der Waals surface area contributed by atoms with Gasteiger partial charge in [0.25, 0.3) is 0 Å². The van der Waals surface area contributed by atoms with Gasteiger partial charge in [-0.15, -0.1) is 0 Å². The van der Waals surface area contributed by atoms with Gasteiger partial charge >= 0.3 is 17.9 Å². The zero-order chi connectivity index (χ0) is 28.2. The molecule has 0 amide bonds. The van der Waals surface area contributed by atoms with Crippen molar-refractivity contribution in [2.45, 2.75) is 82.0 Å². The topological polar surface area (TPSA) is 239 Å². The van der Waals surface area contributed by atoms with Crippen LogP contribution in [0, 0.1) is 11.8 Å². The van der Waals surface area contributed by atoms with Crippen LogP contribution in [-0.4, -0.2) is 122 Å². The third-order valence-corrected chi connectivity index (χ3v) is 6.50. The third-order valence-electron chi connectivity index (χ3n) is 6.50. The van der Waals surface area contributed by atoms with Gasteiger partial charge in [-0.3, -0.25) is 4.79 Å². The van der Waals surface area contributed by atoms with E-state index in [1.54, 1.807) is 0 Å². The predicted octanol–water partition coefficient (Wildman–Crippen LogP) is -3.01. The summed E-state index contributed by atoms with van der Waals surface area (Å²) in [7, 11) is 1.05. The molecule has 1 saturated heterocycles. The molecule has 212 valence electrons. The summed E-state index contributed by atoms with van der Waals surface area (Å²) in [5.74, 6) is -6.14. The number of carbonyl (C=O) groups excluding carboxylic acids is 2. The Labute approximate surface area is 211 Å². The van der Waals surface area contributed by atoms with E-state index in [1.165, 1.54) is 6.92 Å². The Bertz CT molecular complexity index is 853. The van der Waals surface area contributed by atoms with Crippen LogP contribution in [0.4, 0.5) is 0 Å². The first kappa shape index (κ1) is 30.9. The number of aliphatic hydroxyl groups is 6. The van der Waals surface area contributed by atoms with Crippen LogP contribution in [0.1, 0.15) is 27.2 Å². The molecule has 2 heterocycles. The Morgan fingerprint density at radius 1 is 1.11 bits per heavy atom. The first-order valence-corrected chi connectivity index (χ1v) is 11.4. The average Bonchev–Trinajstić information content (AvgIpc) is 2.83. The van der Waals surface area contributed by atoms with E-state index < -0.39 is 97.6 Å². The third kappa shape index (κ3) is 6.74. The van der Waals surface area contributed by atoms with E-state index in [2.05, 4.69) is 0 Å². The molecule has 2 rings (SSSR count). The van der Waals surface area contributed by atoms with Crippen molar-refractivity contribution in [3.05, 3.63) is 11.8 Å². The summed E-state index contributed by atoms with van der Waals surface area (Å²) >= 11 is 0. The molecule has 0 aromatic rings. The fraction of sp³-hybridized carbons (Fsp3) is 0.773. The standard InChI is InChI=1S/C22H34O15/c1-8(35-21(31)22(3,32)9(2)24)14-10(5-13(25)26)11(18(30)33-4)7-34-19(14)37-20-17(29)16(28)15(27)12(6-23)36-20/h7-10,12,14-17,19-20,23-24,27-29,32H,5-6H2,1-4H3,(H,25,26)/t8?,9?,10-,12-,14-,15-,16+,17-,19+,20+,22?/m1/s1. The maximum absolute atomic E-state index is 12.6. The number of carboxylic acid groups (broad SMARTS) is 1. The Balaban J connectivity index is 2.46. The van der Waals surface area contributed by atoms with Crippen molar-refractivity contribution < 1.29 is 73.8 Å². The van der Waals surface area contributed by atoms with Crippen molar-refractivity contribution in [3.8, 4) is 0 Å². The number of carboxylic acids is 1. The van der Waals surface area contributed by atoms with E-state index in [9.17, 15) is 50.1 Å². The van der Waals surface area contributed by atoms with Crippen LogP contribution in [0.2, 0.25) is 0 Å². The largest absolute Gasteiger partial charge is 0.481 e. The lowest BCUT2D eigenvalue weighted by atomic mass is 9.78. The summed E-state index contributed by atoms with van der Waals surface area (Å²) in [5.41, 5.74) is -2.59. The number of rotatable bonds is 10. The molecule has 15 heteroatoms. The molecule has 0 spiro atoms. The zero-order valence-electron chi connectivity index (χ0n) is 20.7. The molecule has 0 aromatic carbocycles. The van der Waals surface area contributed by atoms with Crippen molar-refractivity contribution in [1.29, 1.82) is 0 Å². The molecule has 0 aromatic heterocycles. The molecule has 0 aliphatic carbocycles. The molecule has 3 unspecified atom stereocenters. The quantitative estimate of drug-likeness (QED) is 0.137. The van der Waals surface area contributed by atoms with E-state index in [-0.39, 0.29) is 5.57 Å². The van der Waals surface area contributed by atoms with E-state index >= 15 is 0 Å². The molecule has 37 heavy (non-hydrogen) atoms. The smallest absolute Gasteiger partial charge is 0.340 e. The summed E-state index contributed by atoms with van der Waals surface area (Å²) in [6.07, 6.45) is -12.7. The zero-order valence-corrected chi connectivity index (χ0v) is 20.7. The van der Waals surface area contributed by atoms with Crippen LogP contribution >= 0.6 is 0 Å². The lowest BCUT2D eigenvalue weighted by molar-refractivity contribution is -0.345. The van der Waals surface area contributed by atoms with Gasteiger partial charge in [0.2, 0.25) is 6.29 Å². The Morgan fingerprint density at radius 3 is 2.24 bits per heavy atom. The number of methoxy groups -OCH3 is 1. The van der Waals surface area contributed by atoms with Crippen LogP contribution in [0.15, 0.2) is 11.8 Å². The minimum Gasteiger partial charge on any atom is -0.481 e. The van der Waals surface area contributed by atoms with E-state index in [4.69, 9.17) is 23.7 Å². The van der Waals surface area contributed by atoms with Gasteiger partial charge in [-0.05, 0) is 20.8 Å². The number of ether oxygens (including phenoxy) is 5. The van der Waals surface area contributed by atoms with Gasteiger partial charge in [-0.25, -0.2) is 9.59 Å². The highest BCUT2D eigenvalue weighted by atomic mass is 16.8. The van der Waals surface area contributed by atoms with Gasteiger partial charge in [-0.1, -0.05) is 0 Å². The fourth-order valence-corrected chi connectivity index (χ4v) is 3.99. The number of esters is 2. The number of aliphatic carboxylic acids is 1. The fourth-order valence-electron chi connectivity index (χ4n) is 3.99. The minimum atomic E-state index is -2.35. The highest BCUT2D eigenvalue weighted by Gasteiger charge is 2.51. The minimum absolute atomic E-state index is 0.242. The van der Waals surface area contributed by atoms with Crippen molar-refractivity contribution in [1.82, 2.24) is 0 Å². The summed E-state index contributed by atoms with van der Waals surface area (Å²) in [6.45, 7) is 2.69. The van der Waals surface area contributed by atoms with Gasteiger partial charge in [0.1, 0.15) is 30.5 Å². The highest BCUT2D eigenvalue weighted by Crippen LogP contribution is 2.39. The second-order valence-electron chi connectivity index (χ2n) is 9.12. The lowest BCUT2D eigenvalue weighted by Gasteiger charge is -2.44. The molecule has 1 fully saturated rings. The van der Waals surface area contributed by atoms with E-state index in [0.29, 0.717) is 0 Å². The number of carbonyl (C=O) groups is 3. The maximum atomic E-state index is 12.6. The molecule has 7 N–H and O–H groups in total. The molecule has 2 aliphatic rings. The maximum Gasteiger partial charge on any atom is 0.340 e. The second kappa shape index (κ2) is 12.4. The first-order valence-electron chi connectivity index (χ1n) is 11.4. The van der Waals surface area contributed by atoms with Gasteiger partial charge in [0.05, 0.1) is 44.0 Å². The average molecular weight is 538 g/mol. The van der Waals surface area contributed by atoms with Crippen LogP contribution < -0.4 is 0 Å². The Hall–Kier alpha value is -2.37. The van der Waals surface area contributed by atoms with Crippen LogP contribution in [0.25, 0.3) is 0 Å². The van der Waals surface area contributed by atoms with Crippen LogP contribution in [0.5, 0.6) is 0 Å². The molecule has 0 bridgehead atoms. The molecule has 0 radical (unpaired) electrons. The highest BCUT2D eigenvalue weighted by molar-refractivity contribution is 5.89. The second-order valence-corrected chi connectivity index (χ2v) is 9.12. The molecular weight excluding hydrogens is 504 g/mol. The van der Waals surface area contributed by atoms with E-state index in [1.807, 2.05) is 0 Å². The molecule has 2 aliphatic heterocycles. The van der Waals surface area contributed by atoms with Crippen molar-refractivity contribution >= 4 is 17.9 Å². The van der Waals surface area contributed by atoms with Crippen molar-refractivity contribution in [3.63, 3.8) is 0 Å². The summed E-state index contributed by atoms with van der Waals surface area (Å²) in [4.78, 5) is 36.6. The first-order chi connectivity index (χ1) is 17.2. The Morgan fingerprint density at radius 2 is 1.73 bits per heavy atom. The SMILES string of the molecule is COC(=O)C1=CO[C@@H](O[C@@H]2O[C@H](CO)[C@@H](O)[C@H](O)[C@H]2O)[C@H](C(C)OC(=O)C(C)(O)C(C)O)[C@@H]1CC(=O)O. The number of aliphatic hydroxyl groups excluding tert-OH is 5. The van der Waals surface area contributed by atoms with Crippen molar-refractivity contribution in [2.24, 2.45) is 11.8 Å². The molecule has 15 nitrogen and oxygen atoms in total.